The Kier molecular flexibility index (Phi) is 5.96. The van der Waals surface area contributed by atoms with E-state index in [-0.39, 0.29) is 11.5 Å². The lowest BCUT2D eigenvalue weighted by Crippen LogP contribution is -2.21. The Labute approximate surface area is 150 Å². The molecule has 1 amide bonds. The van der Waals surface area contributed by atoms with Gasteiger partial charge >= 0.3 is 0 Å². The Morgan fingerprint density at radius 3 is 2.75 bits per heavy atom. The third-order valence-electron chi connectivity index (χ3n) is 3.38. The Morgan fingerprint density at radius 2 is 2.12 bits per heavy atom. The van der Waals surface area contributed by atoms with Crippen LogP contribution in [0.4, 0.5) is 0 Å². The van der Waals surface area contributed by atoms with E-state index in [0.717, 1.165) is 5.56 Å². The number of pyridine rings is 1. The molecule has 0 saturated carbocycles. The van der Waals surface area contributed by atoms with Crippen molar-refractivity contribution in [3.8, 4) is 17.6 Å². The predicted octanol–water partition coefficient (Wildman–Crippen LogP) is 4.08. The van der Waals surface area contributed by atoms with Gasteiger partial charge in [0.15, 0.2) is 0 Å². The van der Waals surface area contributed by atoms with E-state index in [1.807, 2.05) is 12.1 Å². The van der Waals surface area contributed by atoms with Crippen LogP contribution in [0.15, 0.2) is 30.5 Å². The smallest absolute Gasteiger partial charge is 0.222 e. The molecular formula is C17H16ClN3O2S. The molecule has 0 aliphatic rings. The number of aromatic nitrogens is 1. The molecule has 1 heterocycles. The van der Waals surface area contributed by atoms with Gasteiger partial charge in [-0.3, -0.25) is 4.79 Å². The number of nitrogens with one attached hydrogen (secondary N) is 1. The van der Waals surface area contributed by atoms with Crippen molar-refractivity contribution in [3.63, 3.8) is 0 Å². The Bertz CT molecular complexity index is 856. The van der Waals surface area contributed by atoms with Crippen LogP contribution in [-0.4, -0.2) is 29.9 Å². The van der Waals surface area contributed by atoms with Crippen LogP contribution in [-0.2, 0) is 11.2 Å². The molecule has 0 atom stereocenters. The predicted molar refractivity (Wildman–Crippen MR) is 94.9 cm³/mol. The van der Waals surface area contributed by atoms with Crippen molar-refractivity contribution in [2.75, 3.05) is 14.1 Å². The first-order valence-electron chi connectivity index (χ1n) is 7.20. The van der Waals surface area contributed by atoms with E-state index in [1.54, 1.807) is 43.4 Å². The number of hydrogen-bond donors (Lipinski definition) is 1. The summed E-state index contributed by atoms with van der Waals surface area (Å²) in [6.07, 6.45) is 2.61. The van der Waals surface area contributed by atoms with E-state index in [4.69, 9.17) is 28.6 Å². The molecule has 1 aromatic heterocycles. The van der Waals surface area contributed by atoms with Gasteiger partial charge in [0, 0.05) is 26.7 Å². The average Bonchev–Trinajstić information content (AvgIpc) is 2.55. The van der Waals surface area contributed by atoms with Crippen LogP contribution in [0.25, 0.3) is 0 Å². The summed E-state index contributed by atoms with van der Waals surface area (Å²) in [6.45, 7) is 0. The Hall–Kier alpha value is -2.36. The Morgan fingerprint density at radius 1 is 1.38 bits per heavy atom. The third-order valence-corrected chi connectivity index (χ3v) is 3.99. The van der Waals surface area contributed by atoms with Gasteiger partial charge < -0.3 is 14.6 Å². The number of amides is 1. The monoisotopic (exact) mass is 361 g/mol. The number of ether oxygens (including phenoxy) is 1. The molecule has 0 spiro atoms. The van der Waals surface area contributed by atoms with E-state index in [1.165, 1.54) is 0 Å². The lowest BCUT2D eigenvalue weighted by atomic mass is 10.1. The fraction of sp³-hybridized carbons (Fsp3) is 0.235. The molecule has 2 rings (SSSR count). The van der Waals surface area contributed by atoms with E-state index < -0.39 is 0 Å². The third kappa shape index (κ3) is 4.34. The summed E-state index contributed by atoms with van der Waals surface area (Å²) in [5.41, 5.74) is 1.19. The zero-order valence-electron chi connectivity index (χ0n) is 13.3. The lowest BCUT2D eigenvalue weighted by Gasteiger charge is -2.12. The van der Waals surface area contributed by atoms with Gasteiger partial charge in [0.2, 0.25) is 5.91 Å². The molecule has 0 aliphatic carbocycles. The van der Waals surface area contributed by atoms with Crippen molar-refractivity contribution in [1.29, 1.82) is 5.26 Å². The number of aryl methyl sites for hydroxylation is 1. The van der Waals surface area contributed by atoms with E-state index in [2.05, 4.69) is 4.98 Å². The molecule has 124 valence electrons. The van der Waals surface area contributed by atoms with Gasteiger partial charge in [-0.1, -0.05) is 29.9 Å². The molecule has 0 radical (unpaired) electrons. The van der Waals surface area contributed by atoms with Gasteiger partial charge in [0.25, 0.3) is 0 Å². The van der Waals surface area contributed by atoms with E-state index in [9.17, 15) is 10.1 Å². The number of carbonyl (C=O) groups excluding carboxylic acids is 1. The van der Waals surface area contributed by atoms with Gasteiger partial charge in [-0.25, -0.2) is 0 Å². The SMILES string of the molecule is CN(C)C(=O)CCc1ccc(Oc2cc[nH]c(=S)c2C#N)c(Cl)c1. The lowest BCUT2D eigenvalue weighted by molar-refractivity contribution is -0.128. The minimum atomic E-state index is 0.0589. The first-order valence-corrected chi connectivity index (χ1v) is 7.99. The molecule has 7 heteroatoms. The molecule has 1 aromatic carbocycles. The molecule has 2 aromatic rings. The van der Waals surface area contributed by atoms with Crippen LogP contribution in [0.2, 0.25) is 5.02 Å². The maximum absolute atomic E-state index is 11.6. The molecule has 0 bridgehead atoms. The number of nitrogens with zero attached hydrogens (tertiary/aromatic N) is 2. The molecule has 0 aliphatic heterocycles. The van der Waals surface area contributed by atoms with E-state index in [0.29, 0.717) is 34.0 Å². The largest absolute Gasteiger partial charge is 0.454 e. The number of H-pyrrole nitrogens is 1. The van der Waals surface area contributed by atoms with Crippen molar-refractivity contribution in [3.05, 3.63) is 51.3 Å². The quantitative estimate of drug-likeness (QED) is 0.814. The first-order chi connectivity index (χ1) is 11.4. The highest BCUT2D eigenvalue weighted by molar-refractivity contribution is 7.71. The van der Waals surface area contributed by atoms with Crippen LogP contribution in [0, 0.1) is 16.0 Å². The number of halogens is 1. The summed E-state index contributed by atoms with van der Waals surface area (Å²) >= 11 is 11.3. The minimum absolute atomic E-state index is 0.0589. The van der Waals surface area contributed by atoms with Crippen molar-refractivity contribution >= 4 is 29.7 Å². The summed E-state index contributed by atoms with van der Waals surface area (Å²) in [5, 5.41) is 9.58. The second kappa shape index (κ2) is 7.95. The second-order valence-electron chi connectivity index (χ2n) is 5.31. The fourth-order valence-electron chi connectivity index (χ4n) is 2.03. The molecule has 0 saturated heterocycles. The maximum atomic E-state index is 11.6. The van der Waals surface area contributed by atoms with Crippen molar-refractivity contribution in [2.24, 2.45) is 0 Å². The molecular weight excluding hydrogens is 346 g/mol. The van der Waals surface area contributed by atoms with Crippen molar-refractivity contribution in [1.82, 2.24) is 9.88 Å². The number of rotatable bonds is 5. The number of nitriles is 1. The van der Waals surface area contributed by atoms with Gasteiger partial charge in [-0.15, -0.1) is 0 Å². The molecule has 0 fully saturated rings. The number of carbonyl (C=O) groups is 1. The molecule has 0 unspecified atom stereocenters. The zero-order chi connectivity index (χ0) is 17.7. The first kappa shape index (κ1) is 18.0. The van der Waals surface area contributed by atoms with Gasteiger partial charge in [-0.2, -0.15) is 5.26 Å². The summed E-state index contributed by atoms with van der Waals surface area (Å²) < 4.78 is 6.02. The van der Waals surface area contributed by atoms with Crippen molar-refractivity contribution < 1.29 is 9.53 Å². The molecule has 24 heavy (non-hydrogen) atoms. The van der Waals surface area contributed by atoms with Crippen LogP contribution < -0.4 is 4.74 Å². The Balaban J connectivity index is 2.17. The number of benzene rings is 1. The second-order valence-corrected chi connectivity index (χ2v) is 6.13. The fourth-order valence-corrected chi connectivity index (χ4v) is 2.48. The highest BCUT2D eigenvalue weighted by Crippen LogP contribution is 2.32. The van der Waals surface area contributed by atoms with Crippen LogP contribution in [0.5, 0.6) is 11.5 Å². The van der Waals surface area contributed by atoms with Gasteiger partial charge in [0.1, 0.15) is 27.8 Å². The van der Waals surface area contributed by atoms with Gasteiger partial charge in [0.05, 0.1) is 5.02 Å². The van der Waals surface area contributed by atoms with Crippen LogP contribution in [0.3, 0.4) is 0 Å². The average molecular weight is 362 g/mol. The summed E-state index contributed by atoms with van der Waals surface area (Å²) in [4.78, 5) is 16.0. The van der Waals surface area contributed by atoms with Crippen molar-refractivity contribution in [2.45, 2.75) is 12.8 Å². The minimum Gasteiger partial charge on any atom is -0.454 e. The van der Waals surface area contributed by atoms with Gasteiger partial charge in [-0.05, 0) is 30.2 Å². The summed E-state index contributed by atoms with van der Waals surface area (Å²) in [6, 6.07) is 8.96. The highest BCUT2D eigenvalue weighted by atomic mass is 35.5. The molecule has 1 N–H and O–H groups in total. The van der Waals surface area contributed by atoms with Crippen LogP contribution >= 0.6 is 23.8 Å². The highest BCUT2D eigenvalue weighted by Gasteiger charge is 2.11. The molecule has 5 nitrogen and oxygen atoms in total. The maximum Gasteiger partial charge on any atom is 0.222 e. The number of aromatic amines is 1. The summed E-state index contributed by atoms with van der Waals surface area (Å²) in [5.74, 6) is 0.832. The van der Waals surface area contributed by atoms with Crippen LogP contribution in [0.1, 0.15) is 17.5 Å². The number of hydrogen-bond acceptors (Lipinski definition) is 4. The summed E-state index contributed by atoms with van der Waals surface area (Å²) in [7, 11) is 3.45. The normalized spacial score (nSPS) is 10.1. The standard InChI is InChI=1S/C17H16ClN3O2S/c1-21(2)16(22)6-4-11-3-5-15(13(18)9-11)23-14-7-8-20-17(24)12(14)10-19/h3,5,7-9H,4,6H2,1-2H3,(H,20,24). The zero-order valence-corrected chi connectivity index (χ0v) is 14.9. The van der Waals surface area contributed by atoms with E-state index >= 15 is 0 Å². The topological polar surface area (TPSA) is 69.1 Å².